The summed E-state index contributed by atoms with van der Waals surface area (Å²) in [7, 11) is 1.27. The van der Waals surface area contributed by atoms with Crippen molar-refractivity contribution in [3.63, 3.8) is 0 Å². The van der Waals surface area contributed by atoms with Crippen LogP contribution in [-0.2, 0) is 0 Å². The molecule has 1 unspecified atom stereocenters. The fraction of sp³-hybridized carbons (Fsp3) is 1.00. The third-order valence-corrected chi connectivity index (χ3v) is 3.99. The summed E-state index contributed by atoms with van der Waals surface area (Å²) >= 11 is 0. The zero-order valence-corrected chi connectivity index (χ0v) is 6.78. The minimum Gasteiger partial charge on any atom is -0.116 e. The lowest BCUT2D eigenvalue weighted by molar-refractivity contribution is 0.726. The van der Waals surface area contributed by atoms with Crippen LogP contribution in [0.3, 0.4) is 0 Å². The average molecular weight is 130 g/mol. The molecule has 0 radical (unpaired) electrons. The Morgan fingerprint density at radius 1 is 1.50 bits per heavy atom. The summed E-state index contributed by atoms with van der Waals surface area (Å²) in [6.45, 7) is 4.70. The molecular weight excluding hydrogens is 115 g/mol. The summed E-state index contributed by atoms with van der Waals surface area (Å²) in [6, 6.07) is 0. The van der Waals surface area contributed by atoms with Gasteiger partial charge in [-0.25, -0.2) is 0 Å². The van der Waals surface area contributed by atoms with Crippen LogP contribution >= 0.6 is 8.58 Å². The number of hydrogen-bond donors (Lipinski definition) is 0. The molecule has 0 amide bonds. The Labute approximate surface area is 53.8 Å². The van der Waals surface area contributed by atoms with Crippen LogP contribution in [0.25, 0.3) is 0 Å². The van der Waals surface area contributed by atoms with Crippen molar-refractivity contribution < 1.29 is 0 Å². The summed E-state index contributed by atoms with van der Waals surface area (Å²) in [5.41, 5.74) is 2.16. The van der Waals surface area contributed by atoms with Gasteiger partial charge in [0.2, 0.25) is 0 Å². The molecule has 0 N–H and O–H groups in total. The van der Waals surface area contributed by atoms with Crippen molar-refractivity contribution in [2.45, 2.75) is 44.4 Å². The lowest BCUT2D eigenvalue weighted by Crippen LogP contribution is -1.88. The van der Waals surface area contributed by atoms with E-state index in [0.717, 1.165) is 11.3 Å². The minimum atomic E-state index is 1.06. The van der Waals surface area contributed by atoms with E-state index < -0.39 is 0 Å². The zero-order valence-electron chi connectivity index (χ0n) is 5.78. The van der Waals surface area contributed by atoms with Crippen LogP contribution in [-0.4, -0.2) is 11.3 Å². The quantitative estimate of drug-likeness (QED) is 0.478. The first-order valence-corrected chi connectivity index (χ1v) is 4.74. The lowest BCUT2D eigenvalue weighted by atomic mass is 10.2. The van der Waals surface area contributed by atoms with Crippen LogP contribution in [0.1, 0.15) is 33.1 Å². The van der Waals surface area contributed by atoms with Crippen LogP contribution < -0.4 is 0 Å². The Kier molecular flexibility index (Phi) is 2.31. The molecule has 1 heteroatoms. The van der Waals surface area contributed by atoms with Gasteiger partial charge in [0, 0.05) is 0 Å². The van der Waals surface area contributed by atoms with E-state index in [2.05, 4.69) is 13.8 Å². The summed E-state index contributed by atoms with van der Waals surface area (Å²) < 4.78 is 0. The van der Waals surface area contributed by atoms with Gasteiger partial charge in [-0.3, -0.25) is 0 Å². The Morgan fingerprint density at radius 3 is 2.50 bits per heavy atom. The van der Waals surface area contributed by atoms with Crippen LogP contribution in [0.4, 0.5) is 0 Å². The number of rotatable bonds is 1. The van der Waals surface area contributed by atoms with Crippen LogP contribution in [0.15, 0.2) is 0 Å². The maximum Gasteiger partial charge on any atom is -0.0237 e. The third kappa shape index (κ3) is 1.45. The van der Waals surface area contributed by atoms with E-state index in [0.29, 0.717) is 0 Å². The summed E-state index contributed by atoms with van der Waals surface area (Å²) in [6.07, 6.45) is 4.43. The van der Waals surface area contributed by atoms with Crippen molar-refractivity contribution >= 4 is 8.58 Å². The maximum atomic E-state index is 2.38. The van der Waals surface area contributed by atoms with Gasteiger partial charge in [0.25, 0.3) is 0 Å². The van der Waals surface area contributed by atoms with E-state index in [9.17, 15) is 0 Å². The lowest BCUT2D eigenvalue weighted by Gasteiger charge is -2.02. The SMILES string of the molecule is CC[C@@H]1CC[C@@H](C)P1. The Bertz CT molecular complexity index is 70.8. The number of hydrogen-bond acceptors (Lipinski definition) is 0. The van der Waals surface area contributed by atoms with Gasteiger partial charge in [0.1, 0.15) is 0 Å². The summed E-state index contributed by atoms with van der Waals surface area (Å²) in [5.74, 6) is 0. The van der Waals surface area contributed by atoms with Crippen LogP contribution in [0, 0.1) is 0 Å². The molecule has 0 aromatic heterocycles. The second-order valence-electron chi connectivity index (χ2n) is 2.75. The molecule has 1 aliphatic rings. The predicted octanol–water partition coefficient (Wildman–Crippen LogP) is 2.63. The van der Waals surface area contributed by atoms with Gasteiger partial charge in [0.05, 0.1) is 0 Å². The van der Waals surface area contributed by atoms with Crippen LogP contribution in [0.2, 0.25) is 0 Å². The molecule has 48 valence electrons. The second kappa shape index (κ2) is 2.82. The molecule has 1 saturated heterocycles. The predicted molar refractivity (Wildman–Crippen MR) is 41.1 cm³/mol. The molecule has 1 rings (SSSR count). The van der Waals surface area contributed by atoms with Gasteiger partial charge in [0.15, 0.2) is 0 Å². The van der Waals surface area contributed by atoms with Crippen molar-refractivity contribution in [1.29, 1.82) is 0 Å². The largest absolute Gasteiger partial charge is 0.116 e. The molecule has 0 saturated carbocycles. The first-order valence-electron chi connectivity index (χ1n) is 3.59. The molecule has 0 aromatic rings. The Balaban J connectivity index is 2.22. The van der Waals surface area contributed by atoms with Crippen molar-refractivity contribution in [3.8, 4) is 0 Å². The topological polar surface area (TPSA) is 0 Å². The third-order valence-electron chi connectivity index (χ3n) is 1.96. The smallest absolute Gasteiger partial charge is 0.0237 e. The molecule has 0 aliphatic carbocycles. The molecule has 1 heterocycles. The van der Waals surface area contributed by atoms with Gasteiger partial charge in [-0.2, -0.15) is 0 Å². The fourth-order valence-corrected chi connectivity index (χ4v) is 3.05. The van der Waals surface area contributed by atoms with E-state index >= 15 is 0 Å². The second-order valence-corrected chi connectivity index (χ2v) is 4.89. The molecule has 0 spiro atoms. The molecule has 1 aliphatic heterocycles. The maximum absolute atomic E-state index is 2.38. The molecule has 1 fully saturated rings. The van der Waals surface area contributed by atoms with Gasteiger partial charge in [-0.05, 0) is 30.6 Å². The van der Waals surface area contributed by atoms with E-state index in [4.69, 9.17) is 0 Å². The Morgan fingerprint density at radius 2 is 2.25 bits per heavy atom. The van der Waals surface area contributed by atoms with Crippen molar-refractivity contribution in [1.82, 2.24) is 0 Å². The van der Waals surface area contributed by atoms with E-state index in [-0.39, 0.29) is 0 Å². The highest BCUT2D eigenvalue weighted by Crippen LogP contribution is 2.40. The summed E-state index contributed by atoms with van der Waals surface area (Å²) in [5, 5.41) is 0. The molecule has 0 nitrogen and oxygen atoms in total. The highest BCUT2D eigenvalue weighted by atomic mass is 31.1. The Hall–Kier alpha value is 0.430. The van der Waals surface area contributed by atoms with Gasteiger partial charge >= 0.3 is 0 Å². The molecule has 8 heavy (non-hydrogen) atoms. The summed E-state index contributed by atoms with van der Waals surface area (Å²) in [4.78, 5) is 0. The minimum absolute atomic E-state index is 1.06. The molecule has 3 atom stereocenters. The first kappa shape index (κ1) is 6.55. The van der Waals surface area contributed by atoms with Crippen molar-refractivity contribution in [3.05, 3.63) is 0 Å². The van der Waals surface area contributed by atoms with Gasteiger partial charge < -0.3 is 0 Å². The van der Waals surface area contributed by atoms with Crippen LogP contribution in [0.5, 0.6) is 0 Å². The monoisotopic (exact) mass is 130 g/mol. The van der Waals surface area contributed by atoms with E-state index in [1.807, 2.05) is 0 Å². The highest BCUT2D eigenvalue weighted by molar-refractivity contribution is 7.40. The van der Waals surface area contributed by atoms with E-state index in [1.165, 1.54) is 27.8 Å². The average Bonchev–Trinajstić information content (AvgIpc) is 2.14. The van der Waals surface area contributed by atoms with Crippen molar-refractivity contribution in [2.75, 3.05) is 0 Å². The fourth-order valence-electron chi connectivity index (χ4n) is 1.34. The molecule has 0 aromatic carbocycles. The molecular formula is C7H15P. The van der Waals surface area contributed by atoms with Gasteiger partial charge in [-0.15, -0.1) is 8.58 Å². The normalized spacial score (nSPS) is 41.2. The first-order chi connectivity index (χ1) is 3.83. The highest BCUT2D eigenvalue weighted by Gasteiger charge is 2.18. The van der Waals surface area contributed by atoms with Gasteiger partial charge in [-0.1, -0.05) is 13.8 Å². The zero-order chi connectivity index (χ0) is 5.98. The van der Waals surface area contributed by atoms with E-state index in [1.54, 1.807) is 0 Å². The van der Waals surface area contributed by atoms with Crippen molar-refractivity contribution in [2.24, 2.45) is 0 Å². The molecule has 0 bridgehead atoms. The standard InChI is InChI=1S/C7H15P/c1-3-7-5-4-6(2)8-7/h6-8H,3-5H2,1-2H3/t6-,7-/m1/s1.